The van der Waals surface area contributed by atoms with Crippen molar-refractivity contribution in [2.24, 2.45) is 0 Å². The van der Waals surface area contributed by atoms with Crippen molar-refractivity contribution in [3.05, 3.63) is 24.2 Å². The number of rotatable bonds is 2. The molecule has 4 heteroatoms. The number of halogens is 1. The molecule has 0 saturated heterocycles. The zero-order chi connectivity index (χ0) is 10.7. The molecule has 1 aliphatic rings. The van der Waals surface area contributed by atoms with Gasteiger partial charge in [0.05, 0.1) is 6.26 Å². The van der Waals surface area contributed by atoms with Crippen molar-refractivity contribution in [1.82, 2.24) is 5.32 Å². The van der Waals surface area contributed by atoms with Crippen LogP contribution >= 0.6 is 15.9 Å². The van der Waals surface area contributed by atoms with Gasteiger partial charge in [-0.3, -0.25) is 4.79 Å². The number of furan rings is 1. The summed E-state index contributed by atoms with van der Waals surface area (Å²) in [5.74, 6) is 0.300. The Balaban J connectivity index is 1.85. The Bertz CT molecular complexity index is 315. The minimum atomic E-state index is -0.0991. The number of alkyl halides is 1. The van der Waals surface area contributed by atoms with Crippen LogP contribution in [0.2, 0.25) is 0 Å². The summed E-state index contributed by atoms with van der Waals surface area (Å²) in [4.78, 5) is 12.3. The summed E-state index contributed by atoms with van der Waals surface area (Å²) >= 11 is 3.59. The van der Waals surface area contributed by atoms with Gasteiger partial charge in [-0.05, 0) is 37.8 Å². The van der Waals surface area contributed by atoms with Crippen LogP contribution in [0.1, 0.15) is 36.2 Å². The van der Waals surface area contributed by atoms with Gasteiger partial charge in [-0.1, -0.05) is 15.9 Å². The maximum atomic E-state index is 11.6. The van der Waals surface area contributed by atoms with Gasteiger partial charge >= 0.3 is 0 Å². The molecule has 1 saturated carbocycles. The predicted octanol–water partition coefficient (Wildman–Crippen LogP) is 2.72. The summed E-state index contributed by atoms with van der Waals surface area (Å²) < 4.78 is 5.04. The molecule has 0 atom stereocenters. The summed E-state index contributed by atoms with van der Waals surface area (Å²) in [6.45, 7) is 0. The molecule has 1 heterocycles. The van der Waals surface area contributed by atoms with Gasteiger partial charge < -0.3 is 9.73 Å². The third kappa shape index (κ3) is 2.84. The second kappa shape index (κ2) is 4.84. The highest BCUT2D eigenvalue weighted by Crippen LogP contribution is 2.24. The van der Waals surface area contributed by atoms with Crippen LogP contribution in [0.25, 0.3) is 0 Å². The Morgan fingerprint density at radius 3 is 2.73 bits per heavy atom. The molecule has 0 aromatic carbocycles. The molecule has 0 unspecified atom stereocenters. The van der Waals surface area contributed by atoms with E-state index in [-0.39, 0.29) is 5.91 Å². The fourth-order valence-electron chi connectivity index (χ4n) is 1.86. The molecular formula is C11H14BrNO2. The van der Waals surface area contributed by atoms with E-state index in [2.05, 4.69) is 21.2 Å². The first-order valence-corrected chi connectivity index (χ1v) is 6.15. The van der Waals surface area contributed by atoms with E-state index in [4.69, 9.17) is 4.42 Å². The normalized spacial score (nSPS) is 26.2. The molecule has 1 fully saturated rings. The zero-order valence-corrected chi connectivity index (χ0v) is 10.00. The lowest BCUT2D eigenvalue weighted by molar-refractivity contribution is 0.0900. The largest absolute Gasteiger partial charge is 0.459 e. The van der Waals surface area contributed by atoms with Gasteiger partial charge in [-0.2, -0.15) is 0 Å². The van der Waals surface area contributed by atoms with E-state index in [0.717, 1.165) is 25.7 Å². The molecule has 1 N–H and O–H groups in total. The number of amides is 1. The van der Waals surface area contributed by atoms with E-state index >= 15 is 0 Å². The number of hydrogen-bond donors (Lipinski definition) is 1. The fraction of sp³-hybridized carbons (Fsp3) is 0.545. The number of hydrogen-bond acceptors (Lipinski definition) is 2. The first-order chi connectivity index (χ1) is 7.25. The van der Waals surface area contributed by atoms with Crippen LogP contribution in [0.4, 0.5) is 0 Å². The predicted molar refractivity (Wildman–Crippen MR) is 61.1 cm³/mol. The van der Waals surface area contributed by atoms with E-state index in [1.165, 1.54) is 6.26 Å². The summed E-state index contributed by atoms with van der Waals surface area (Å²) in [6.07, 6.45) is 5.86. The second-order valence-electron chi connectivity index (χ2n) is 3.90. The van der Waals surface area contributed by atoms with Crippen molar-refractivity contribution in [2.75, 3.05) is 0 Å². The van der Waals surface area contributed by atoms with Crippen LogP contribution < -0.4 is 5.32 Å². The van der Waals surface area contributed by atoms with Crippen LogP contribution in [0.5, 0.6) is 0 Å². The standard InChI is InChI=1S/C11H14BrNO2/c12-8-3-5-9(6-4-8)13-11(14)10-2-1-7-15-10/h1-2,7-9H,3-6H2,(H,13,14). The molecule has 0 radical (unpaired) electrons. The van der Waals surface area contributed by atoms with Gasteiger partial charge in [0, 0.05) is 10.9 Å². The third-order valence-electron chi connectivity index (χ3n) is 2.74. The number of nitrogens with one attached hydrogen (secondary N) is 1. The molecule has 1 aromatic rings. The Morgan fingerprint density at radius 1 is 1.40 bits per heavy atom. The lowest BCUT2D eigenvalue weighted by Gasteiger charge is -2.25. The topological polar surface area (TPSA) is 42.2 Å². The Labute approximate surface area is 97.4 Å². The van der Waals surface area contributed by atoms with Gasteiger partial charge in [-0.25, -0.2) is 0 Å². The lowest BCUT2D eigenvalue weighted by Crippen LogP contribution is -2.37. The van der Waals surface area contributed by atoms with Gasteiger partial charge in [0.2, 0.25) is 0 Å². The Hall–Kier alpha value is -0.770. The van der Waals surface area contributed by atoms with E-state index < -0.39 is 0 Å². The molecule has 15 heavy (non-hydrogen) atoms. The highest BCUT2D eigenvalue weighted by molar-refractivity contribution is 9.09. The van der Waals surface area contributed by atoms with Crippen LogP contribution in [-0.4, -0.2) is 16.8 Å². The minimum Gasteiger partial charge on any atom is -0.459 e. The number of carbonyl (C=O) groups excluding carboxylic acids is 1. The maximum Gasteiger partial charge on any atom is 0.287 e. The maximum absolute atomic E-state index is 11.6. The highest BCUT2D eigenvalue weighted by atomic mass is 79.9. The van der Waals surface area contributed by atoms with E-state index in [1.807, 2.05) is 0 Å². The molecule has 1 aromatic heterocycles. The zero-order valence-electron chi connectivity index (χ0n) is 8.41. The minimum absolute atomic E-state index is 0.0991. The second-order valence-corrected chi connectivity index (χ2v) is 5.19. The van der Waals surface area contributed by atoms with Gasteiger partial charge in [-0.15, -0.1) is 0 Å². The van der Waals surface area contributed by atoms with Crippen LogP contribution in [-0.2, 0) is 0 Å². The smallest absolute Gasteiger partial charge is 0.287 e. The average molecular weight is 272 g/mol. The summed E-state index contributed by atoms with van der Waals surface area (Å²) in [7, 11) is 0. The van der Waals surface area contributed by atoms with E-state index in [1.54, 1.807) is 12.1 Å². The summed E-state index contributed by atoms with van der Waals surface area (Å²) in [5.41, 5.74) is 0. The van der Waals surface area contributed by atoms with E-state index in [0.29, 0.717) is 16.6 Å². The van der Waals surface area contributed by atoms with Gasteiger partial charge in [0.15, 0.2) is 5.76 Å². The number of carbonyl (C=O) groups is 1. The van der Waals surface area contributed by atoms with Crippen LogP contribution in [0.3, 0.4) is 0 Å². The Kier molecular flexibility index (Phi) is 3.46. The molecule has 0 bridgehead atoms. The summed E-state index contributed by atoms with van der Waals surface area (Å²) in [6, 6.07) is 3.71. The molecule has 0 spiro atoms. The van der Waals surface area contributed by atoms with Crippen molar-refractivity contribution in [2.45, 2.75) is 36.6 Å². The van der Waals surface area contributed by atoms with Gasteiger partial charge in [0.25, 0.3) is 5.91 Å². The molecule has 0 aliphatic heterocycles. The first-order valence-electron chi connectivity index (χ1n) is 5.24. The lowest BCUT2D eigenvalue weighted by atomic mass is 9.95. The van der Waals surface area contributed by atoms with Crippen molar-refractivity contribution in [1.29, 1.82) is 0 Å². The molecule has 1 aliphatic carbocycles. The first kappa shape index (κ1) is 10.7. The molecule has 3 nitrogen and oxygen atoms in total. The molecule has 1 amide bonds. The monoisotopic (exact) mass is 271 g/mol. The van der Waals surface area contributed by atoms with Gasteiger partial charge in [0.1, 0.15) is 0 Å². The van der Waals surface area contributed by atoms with Crippen molar-refractivity contribution < 1.29 is 9.21 Å². The van der Waals surface area contributed by atoms with Crippen molar-refractivity contribution in [3.8, 4) is 0 Å². The molecular weight excluding hydrogens is 258 g/mol. The average Bonchev–Trinajstić information content (AvgIpc) is 2.74. The quantitative estimate of drug-likeness (QED) is 0.841. The van der Waals surface area contributed by atoms with Crippen molar-refractivity contribution in [3.63, 3.8) is 0 Å². The summed E-state index contributed by atoms with van der Waals surface area (Å²) in [5, 5.41) is 2.99. The molecule has 82 valence electrons. The van der Waals surface area contributed by atoms with E-state index in [9.17, 15) is 4.79 Å². The third-order valence-corrected chi connectivity index (χ3v) is 3.65. The Morgan fingerprint density at radius 2 is 2.13 bits per heavy atom. The fourth-order valence-corrected chi connectivity index (χ4v) is 2.39. The van der Waals surface area contributed by atoms with Crippen LogP contribution in [0, 0.1) is 0 Å². The van der Waals surface area contributed by atoms with Crippen molar-refractivity contribution >= 4 is 21.8 Å². The van der Waals surface area contributed by atoms with Crippen LogP contribution in [0.15, 0.2) is 22.8 Å². The highest BCUT2D eigenvalue weighted by Gasteiger charge is 2.21. The molecule has 2 rings (SSSR count). The SMILES string of the molecule is O=C(NC1CCC(Br)CC1)c1ccco1.